The second-order valence-electron chi connectivity index (χ2n) is 9.94. The van der Waals surface area contributed by atoms with Crippen molar-refractivity contribution in [2.75, 3.05) is 33.0 Å². The summed E-state index contributed by atoms with van der Waals surface area (Å²) in [7, 11) is -9.40. The van der Waals surface area contributed by atoms with E-state index < -0.39 is 30.4 Å². The largest absolute Gasteiger partial charge is 0.496 e. The Hall–Kier alpha value is -3.89. The summed E-state index contributed by atoms with van der Waals surface area (Å²) in [5.41, 5.74) is 1.60. The van der Waals surface area contributed by atoms with Gasteiger partial charge in [-0.05, 0) is 53.6 Å². The van der Waals surface area contributed by atoms with E-state index in [2.05, 4.69) is 0 Å². The average Bonchev–Trinajstić information content (AvgIpc) is 2.94. The quantitative estimate of drug-likeness (QED) is 0.149. The minimum atomic E-state index is -4.18. The second kappa shape index (κ2) is 14.1. The number of ether oxygens (including phenoxy) is 3. The van der Waals surface area contributed by atoms with Crippen LogP contribution in [0.25, 0.3) is 22.3 Å². The molecule has 0 N–H and O–H groups in total. The molecular formula is C30H28Cl2O12S3. The van der Waals surface area contributed by atoms with Crippen molar-refractivity contribution in [1.29, 1.82) is 0 Å². The van der Waals surface area contributed by atoms with Crippen LogP contribution in [0.4, 0.5) is 0 Å². The average molecular weight is 748 g/mol. The molecule has 0 aromatic heterocycles. The van der Waals surface area contributed by atoms with Crippen LogP contribution in [0, 0.1) is 0 Å². The van der Waals surface area contributed by atoms with Crippen LogP contribution >= 0.6 is 23.2 Å². The van der Waals surface area contributed by atoms with Crippen molar-refractivity contribution in [2.45, 2.75) is 6.61 Å². The van der Waals surface area contributed by atoms with Crippen molar-refractivity contribution in [2.24, 2.45) is 0 Å². The Morgan fingerprint density at radius 2 is 1.21 bits per heavy atom. The van der Waals surface area contributed by atoms with Gasteiger partial charge in [-0.1, -0.05) is 47.5 Å². The molecule has 0 radical (unpaired) electrons. The first-order chi connectivity index (χ1) is 21.9. The molecule has 0 amide bonds. The normalized spacial score (nSPS) is 11.9. The Balaban J connectivity index is 1.90. The molecule has 0 atom stereocenters. The lowest BCUT2D eigenvalue weighted by Gasteiger charge is -2.21. The highest BCUT2D eigenvalue weighted by Gasteiger charge is 2.27. The first-order valence-electron chi connectivity index (χ1n) is 13.2. The van der Waals surface area contributed by atoms with Crippen LogP contribution in [0.3, 0.4) is 0 Å². The number of hydrogen-bond acceptors (Lipinski definition) is 12. The van der Waals surface area contributed by atoms with Gasteiger partial charge in [-0.15, -0.1) is 0 Å². The lowest BCUT2D eigenvalue weighted by atomic mass is 9.96. The van der Waals surface area contributed by atoms with Crippen molar-refractivity contribution < 1.29 is 52.0 Å². The summed E-state index contributed by atoms with van der Waals surface area (Å²) in [6, 6.07) is 16.4. The smallest absolute Gasteiger partial charge is 0.306 e. The van der Waals surface area contributed by atoms with Crippen molar-refractivity contribution in [1.82, 2.24) is 0 Å². The second-order valence-corrected chi connectivity index (χ2v) is 15.5. The van der Waals surface area contributed by atoms with Gasteiger partial charge in [-0.2, -0.15) is 25.3 Å². The molecule has 12 nitrogen and oxygen atoms in total. The molecule has 0 heterocycles. The molecule has 0 saturated heterocycles. The monoisotopic (exact) mass is 746 g/mol. The van der Waals surface area contributed by atoms with Crippen LogP contribution in [0.1, 0.15) is 5.56 Å². The number of benzene rings is 4. The highest BCUT2D eigenvalue weighted by atomic mass is 35.5. The topological polar surface area (TPSA) is 158 Å². The Morgan fingerprint density at radius 3 is 1.77 bits per heavy atom. The van der Waals surface area contributed by atoms with Crippen LogP contribution in [-0.4, -0.2) is 58.2 Å². The van der Waals surface area contributed by atoms with Crippen LogP contribution in [0.5, 0.6) is 34.5 Å². The summed E-state index contributed by atoms with van der Waals surface area (Å²) >= 11 is 12.2. The molecule has 0 fully saturated rings. The van der Waals surface area contributed by atoms with Crippen molar-refractivity contribution >= 4 is 53.6 Å². The molecule has 0 bridgehead atoms. The van der Waals surface area contributed by atoms with Crippen molar-refractivity contribution in [3.8, 4) is 56.8 Å². The molecule has 0 aliphatic rings. The maximum atomic E-state index is 12.5. The number of rotatable bonds is 13. The van der Waals surface area contributed by atoms with Crippen molar-refractivity contribution in [3.05, 3.63) is 82.3 Å². The molecule has 0 spiro atoms. The fourth-order valence-corrected chi connectivity index (χ4v) is 6.21. The standard InChI is InChI=1S/C30H28Cl2O12S3/c1-39-27-16-23(18-7-11-22(12-8-18)42-45(3,33)34)29(40-2)30(44-47(5,37)38)28(27)19-9-13-25(26(14-19)43-46(4,35)36)41-17-20-6-10-21(31)15-24(20)32/h6-16H,17H2,1-5H3. The van der Waals surface area contributed by atoms with E-state index in [0.29, 0.717) is 26.7 Å². The molecule has 252 valence electrons. The maximum Gasteiger partial charge on any atom is 0.306 e. The molecule has 4 rings (SSSR count). The first kappa shape index (κ1) is 36.0. The Labute approximate surface area is 283 Å². The molecule has 0 aliphatic heterocycles. The summed E-state index contributed by atoms with van der Waals surface area (Å²) in [5.74, 6) is -0.381. The van der Waals surface area contributed by atoms with Gasteiger partial charge in [0.1, 0.15) is 18.1 Å². The van der Waals surface area contributed by atoms with E-state index in [1.165, 1.54) is 62.8 Å². The summed E-state index contributed by atoms with van der Waals surface area (Å²) in [5, 5.41) is 0.751. The maximum absolute atomic E-state index is 12.5. The van der Waals surface area contributed by atoms with Crippen LogP contribution in [0.2, 0.25) is 10.0 Å². The Kier molecular flexibility index (Phi) is 10.8. The first-order valence-corrected chi connectivity index (χ1v) is 19.4. The predicted molar refractivity (Wildman–Crippen MR) is 178 cm³/mol. The molecule has 4 aromatic carbocycles. The summed E-state index contributed by atoms with van der Waals surface area (Å²) in [6.45, 7) is -0.0717. The van der Waals surface area contributed by atoms with Gasteiger partial charge in [-0.3, -0.25) is 0 Å². The summed E-state index contributed by atoms with van der Waals surface area (Å²) < 4.78 is 105. The zero-order valence-corrected chi connectivity index (χ0v) is 29.4. The molecule has 17 heteroatoms. The fourth-order valence-electron chi connectivity index (χ4n) is 4.37. The summed E-state index contributed by atoms with van der Waals surface area (Å²) in [6.07, 6.45) is 2.59. The number of methoxy groups -OCH3 is 2. The number of hydrogen-bond donors (Lipinski definition) is 0. The van der Waals surface area contributed by atoms with E-state index in [0.717, 1.165) is 18.8 Å². The molecular weight excluding hydrogens is 719 g/mol. The molecule has 47 heavy (non-hydrogen) atoms. The predicted octanol–water partition coefficient (Wildman–Crippen LogP) is 5.94. The zero-order valence-electron chi connectivity index (χ0n) is 25.4. The van der Waals surface area contributed by atoms with Gasteiger partial charge >= 0.3 is 30.4 Å². The van der Waals surface area contributed by atoms with Gasteiger partial charge in [0.15, 0.2) is 23.0 Å². The van der Waals surface area contributed by atoms with E-state index in [4.69, 9.17) is 50.0 Å². The third kappa shape index (κ3) is 9.58. The van der Waals surface area contributed by atoms with Gasteiger partial charge in [0.25, 0.3) is 0 Å². The third-order valence-corrected chi connectivity index (χ3v) is 8.18. The lowest BCUT2D eigenvalue weighted by Crippen LogP contribution is -2.10. The van der Waals surface area contributed by atoms with E-state index in [1.54, 1.807) is 18.2 Å². The Bertz CT molecular complexity index is 2130. The highest BCUT2D eigenvalue weighted by Crippen LogP contribution is 2.52. The Morgan fingerprint density at radius 1 is 0.596 bits per heavy atom. The molecule has 4 aromatic rings. The minimum Gasteiger partial charge on any atom is -0.496 e. The summed E-state index contributed by atoms with van der Waals surface area (Å²) in [4.78, 5) is 0. The van der Waals surface area contributed by atoms with Gasteiger partial charge in [-0.25, -0.2) is 0 Å². The van der Waals surface area contributed by atoms with Crippen LogP contribution < -0.4 is 26.8 Å². The number of halogens is 2. The van der Waals surface area contributed by atoms with E-state index in [9.17, 15) is 25.3 Å². The van der Waals surface area contributed by atoms with E-state index in [1.807, 2.05) is 0 Å². The SMILES string of the molecule is COc1cc(-c2ccc(OS(C)(=O)=O)cc2)c(OC)c(OS(C)(=O)=O)c1-c1ccc(OCc2ccc(Cl)cc2Cl)c(OS(C)(=O)=O)c1. The zero-order chi connectivity index (χ0) is 34.7. The van der Waals surface area contributed by atoms with E-state index >= 15 is 0 Å². The van der Waals surface area contributed by atoms with Gasteiger partial charge in [0.05, 0.1) is 38.6 Å². The fraction of sp³-hybridized carbons (Fsp3) is 0.200. The third-order valence-electron chi connectivity index (χ3n) is 6.14. The van der Waals surface area contributed by atoms with Gasteiger partial charge in [0.2, 0.25) is 0 Å². The van der Waals surface area contributed by atoms with Gasteiger partial charge < -0.3 is 26.8 Å². The van der Waals surface area contributed by atoms with Gasteiger partial charge in [0, 0.05) is 21.2 Å². The molecule has 0 saturated carbocycles. The minimum absolute atomic E-state index is 0.0229. The molecule has 0 aliphatic carbocycles. The lowest BCUT2D eigenvalue weighted by molar-refractivity contribution is 0.296. The van der Waals surface area contributed by atoms with Crippen molar-refractivity contribution in [3.63, 3.8) is 0 Å². The van der Waals surface area contributed by atoms with Crippen LogP contribution in [0.15, 0.2) is 66.7 Å². The van der Waals surface area contributed by atoms with E-state index in [-0.39, 0.29) is 52.2 Å². The van der Waals surface area contributed by atoms with Crippen LogP contribution in [-0.2, 0) is 37.0 Å². The molecule has 0 unspecified atom stereocenters. The highest BCUT2D eigenvalue weighted by molar-refractivity contribution is 7.86.